The third-order valence-electron chi connectivity index (χ3n) is 8.75. The van der Waals surface area contributed by atoms with Gasteiger partial charge >= 0.3 is 0 Å². The monoisotopic (exact) mass is 528 g/mol. The molecule has 3 saturated heterocycles. The van der Waals surface area contributed by atoms with Gasteiger partial charge in [0.15, 0.2) is 11.7 Å². The van der Waals surface area contributed by atoms with Crippen LogP contribution in [0.25, 0.3) is 5.70 Å². The Morgan fingerprint density at radius 2 is 2.08 bits per heavy atom. The average Bonchev–Trinajstić information content (AvgIpc) is 3.46. The molecule has 0 aliphatic carbocycles. The minimum Gasteiger partial charge on any atom is -0.463 e. The minimum atomic E-state index is -0.940. The van der Waals surface area contributed by atoms with Gasteiger partial charge in [0.1, 0.15) is 11.1 Å². The van der Waals surface area contributed by atoms with E-state index in [1.54, 1.807) is 6.26 Å². The number of ether oxygens (including phenoxy) is 1. The van der Waals surface area contributed by atoms with Crippen molar-refractivity contribution in [2.75, 3.05) is 45.6 Å². The molecule has 6 heterocycles. The van der Waals surface area contributed by atoms with Gasteiger partial charge in [-0.2, -0.15) is 0 Å². The maximum atomic E-state index is 13.0. The Labute approximate surface area is 222 Å². The Hall–Kier alpha value is -2.17. The number of aliphatic imine (C=N–C) groups is 2. The number of fused-ring (bicyclic) bond motifs is 1. The fourth-order valence-electron chi connectivity index (χ4n) is 6.52. The van der Waals surface area contributed by atoms with E-state index in [4.69, 9.17) is 19.1 Å². The van der Waals surface area contributed by atoms with Crippen LogP contribution in [0.5, 0.6) is 0 Å². The standard InChI is InChI=1S/C27H40N6O3S/c1-27-10-16-37(34)24(27)25(29-21-8-14-35-15-9-21)30-26(31-27)33-11-3-5-19(7-12-33)20-17-22(32(2)28-18-20)23-6-4-13-36-23/h4,6,13,17,19-21,24,28H,3,5,7-12,14-16,18H2,1-2H3,(H,29,30,31)/t19?,20?,24?,27-,37?/m1/s1. The molecule has 0 radical (unpaired) electrons. The maximum Gasteiger partial charge on any atom is 0.200 e. The highest BCUT2D eigenvalue weighted by Gasteiger charge is 2.50. The molecular weight excluding hydrogens is 488 g/mol. The van der Waals surface area contributed by atoms with Crippen LogP contribution in [0.15, 0.2) is 38.9 Å². The number of likely N-dealkylation sites (tertiary alicyclic amines) is 1. The molecule has 3 fully saturated rings. The Kier molecular flexibility index (Phi) is 7.15. The van der Waals surface area contributed by atoms with E-state index in [0.29, 0.717) is 17.6 Å². The zero-order valence-corrected chi connectivity index (χ0v) is 22.8. The highest BCUT2D eigenvalue weighted by molar-refractivity contribution is 7.86. The van der Waals surface area contributed by atoms with Crippen molar-refractivity contribution in [3.05, 3.63) is 30.2 Å². The van der Waals surface area contributed by atoms with Crippen LogP contribution < -0.4 is 10.7 Å². The first-order valence-electron chi connectivity index (χ1n) is 13.9. The second kappa shape index (κ2) is 10.5. The first-order valence-corrected chi connectivity index (χ1v) is 15.3. The van der Waals surface area contributed by atoms with Crippen LogP contribution in [-0.4, -0.2) is 88.4 Å². The summed E-state index contributed by atoms with van der Waals surface area (Å²) in [6, 6.07) is 4.20. The Balaban J connectivity index is 1.19. The quantitative estimate of drug-likeness (QED) is 0.623. The molecule has 10 heteroatoms. The van der Waals surface area contributed by atoms with Gasteiger partial charge in [0.05, 0.1) is 23.5 Å². The van der Waals surface area contributed by atoms with Gasteiger partial charge in [-0.1, -0.05) is 6.08 Å². The van der Waals surface area contributed by atoms with Crippen molar-refractivity contribution < 1.29 is 13.4 Å². The molecule has 9 nitrogen and oxygen atoms in total. The van der Waals surface area contributed by atoms with Crippen molar-refractivity contribution in [2.24, 2.45) is 21.8 Å². The number of hydrazine groups is 1. The topological polar surface area (TPSA) is 94.7 Å². The van der Waals surface area contributed by atoms with Crippen LogP contribution in [0, 0.1) is 11.8 Å². The van der Waals surface area contributed by atoms with E-state index in [1.165, 1.54) is 6.42 Å². The summed E-state index contributed by atoms with van der Waals surface area (Å²) in [5, 5.41) is 5.54. The summed E-state index contributed by atoms with van der Waals surface area (Å²) in [5.41, 5.74) is 4.31. The van der Waals surface area contributed by atoms with Gasteiger partial charge in [-0.15, -0.1) is 0 Å². The van der Waals surface area contributed by atoms with E-state index in [-0.39, 0.29) is 16.8 Å². The fraction of sp³-hybridized carbons (Fsp3) is 0.704. The van der Waals surface area contributed by atoms with E-state index in [1.807, 2.05) is 12.1 Å². The van der Waals surface area contributed by atoms with Gasteiger partial charge in [0.2, 0.25) is 0 Å². The van der Waals surface area contributed by atoms with Crippen LogP contribution in [0.3, 0.4) is 0 Å². The van der Waals surface area contributed by atoms with Gasteiger partial charge in [0, 0.05) is 56.4 Å². The smallest absolute Gasteiger partial charge is 0.200 e. The summed E-state index contributed by atoms with van der Waals surface area (Å²) < 4.78 is 24.3. The van der Waals surface area contributed by atoms with Crippen molar-refractivity contribution in [3.8, 4) is 0 Å². The second-order valence-electron chi connectivity index (χ2n) is 11.3. The largest absolute Gasteiger partial charge is 0.463 e. The molecule has 5 aliphatic rings. The summed E-state index contributed by atoms with van der Waals surface area (Å²) in [4.78, 5) is 12.8. The van der Waals surface area contributed by atoms with E-state index < -0.39 is 10.8 Å². The van der Waals surface area contributed by atoms with Crippen molar-refractivity contribution in [1.82, 2.24) is 20.7 Å². The Bertz CT molecular complexity index is 1080. The average molecular weight is 529 g/mol. The molecule has 0 spiro atoms. The second-order valence-corrected chi connectivity index (χ2v) is 12.9. The van der Waals surface area contributed by atoms with Crippen molar-refractivity contribution in [2.45, 2.75) is 62.3 Å². The lowest BCUT2D eigenvalue weighted by molar-refractivity contribution is 0.0870. The molecule has 4 unspecified atom stereocenters. The number of nitrogens with one attached hydrogen (secondary N) is 2. The number of amidine groups is 1. The lowest BCUT2D eigenvalue weighted by Crippen LogP contribution is -2.59. The lowest BCUT2D eigenvalue weighted by Gasteiger charge is -2.38. The summed E-state index contributed by atoms with van der Waals surface area (Å²) in [7, 11) is 1.11. The van der Waals surface area contributed by atoms with E-state index in [2.05, 4.69) is 40.7 Å². The molecule has 202 valence electrons. The number of nitrogens with zero attached hydrogens (tertiary/aromatic N) is 4. The van der Waals surface area contributed by atoms with Crippen molar-refractivity contribution >= 4 is 28.3 Å². The van der Waals surface area contributed by atoms with Crippen LogP contribution in [0.4, 0.5) is 0 Å². The number of rotatable bonds is 3. The predicted molar refractivity (Wildman–Crippen MR) is 147 cm³/mol. The molecule has 0 bridgehead atoms. The zero-order valence-electron chi connectivity index (χ0n) is 22.0. The molecule has 5 atom stereocenters. The molecule has 1 aromatic rings. The van der Waals surface area contributed by atoms with Gasteiger partial charge in [-0.05, 0) is 69.4 Å². The number of furan rings is 1. The predicted octanol–water partition coefficient (Wildman–Crippen LogP) is 2.61. The minimum absolute atomic E-state index is 0.130. The third-order valence-corrected chi connectivity index (χ3v) is 10.6. The lowest BCUT2D eigenvalue weighted by atomic mass is 9.84. The molecule has 1 aromatic heterocycles. The van der Waals surface area contributed by atoms with E-state index >= 15 is 0 Å². The van der Waals surface area contributed by atoms with Crippen molar-refractivity contribution in [1.29, 1.82) is 0 Å². The molecule has 6 rings (SSSR count). The first kappa shape index (κ1) is 25.1. The molecule has 0 amide bonds. The first-order chi connectivity index (χ1) is 18.0. The normalized spacial score (nSPS) is 36.5. The molecule has 0 aromatic carbocycles. The fourth-order valence-corrected chi connectivity index (χ4v) is 8.48. The van der Waals surface area contributed by atoms with Crippen LogP contribution >= 0.6 is 0 Å². The molecule has 5 aliphatic heterocycles. The molecule has 0 saturated carbocycles. The van der Waals surface area contributed by atoms with Crippen LogP contribution in [0.1, 0.15) is 51.2 Å². The summed E-state index contributed by atoms with van der Waals surface area (Å²) in [6.45, 7) is 6.56. The van der Waals surface area contributed by atoms with Gasteiger partial charge in [0.25, 0.3) is 0 Å². The number of hydrogen-bond acceptors (Lipinski definition) is 8. The van der Waals surface area contributed by atoms with Gasteiger partial charge in [-0.3, -0.25) is 9.20 Å². The number of guanidine groups is 1. The molecular formula is C27H40N6O3S. The zero-order chi connectivity index (χ0) is 25.4. The maximum absolute atomic E-state index is 13.0. The van der Waals surface area contributed by atoms with Crippen molar-refractivity contribution in [3.63, 3.8) is 0 Å². The summed E-state index contributed by atoms with van der Waals surface area (Å²) in [5.74, 6) is 4.48. The third kappa shape index (κ3) is 5.12. The van der Waals surface area contributed by atoms with E-state index in [9.17, 15) is 4.21 Å². The number of hydrogen-bond donors (Lipinski definition) is 2. The van der Waals surface area contributed by atoms with Crippen LogP contribution in [0.2, 0.25) is 0 Å². The summed E-state index contributed by atoms with van der Waals surface area (Å²) in [6.07, 6.45) is 10.3. The van der Waals surface area contributed by atoms with Gasteiger partial charge in [-0.25, -0.2) is 10.4 Å². The Morgan fingerprint density at radius 1 is 1.22 bits per heavy atom. The summed E-state index contributed by atoms with van der Waals surface area (Å²) >= 11 is 0. The van der Waals surface area contributed by atoms with Gasteiger partial charge < -0.3 is 24.4 Å². The van der Waals surface area contributed by atoms with Crippen LogP contribution in [-0.2, 0) is 15.5 Å². The SMILES string of the molecule is CN1NCC(C2CCCN(C3=N[C@]4(C)CCS(=O)C4C(=NC4CCOCC4)N3)CC2)C=C1c1ccco1. The molecule has 2 N–H and O–H groups in total. The van der Waals surface area contributed by atoms with E-state index in [0.717, 1.165) is 88.2 Å². The Morgan fingerprint density at radius 3 is 2.89 bits per heavy atom. The molecule has 37 heavy (non-hydrogen) atoms. The highest BCUT2D eigenvalue weighted by Crippen LogP contribution is 2.37. The highest BCUT2D eigenvalue weighted by atomic mass is 32.2.